The van der Waals surface area contributed by atoms with Crippen LogP contribution in [0.15, 0.2) is 42.5 Å². The van der Waals surface area contributed by atoms with Crippen molar-refractivity contribution >= 4 is 17.3 Å². The first-order valence-corrected chi connectivity index (χ1v) is 7.18. The predicted octanol–water partition coefficient (Wildman–Crippen LogP) is 2.38. The molecule has 124 valence electrons. The van der Waals surface area contributed by atoms with Crippen LogP contribution >= 0.6 is 0 Å². The molecule has 1 N–H and O–H groups in total. The fourth-order valence-corrected chi connectivity index (χ4v) is 2.13. The minimum absolute atomic E-state index is 0.0388. The van der Waals surface area contributed by atoms with E-state index in [0.29, 0.717) is 36.1 Å². The normalized spacial score (nSPS) is 12.3. The Morgan fingerprint density at radius 3 is 2.54 bits per heavy atom. The number of amides is 1. The number of non-ortho nitro benzene ring substituents is 1. The second kappa shape index (κ2) is 6.86. The summed E-state index contributed by atoms with van der Waals surface area (Å²) < 4.78 is 16.1. The number of carbonyl (C=O) groups excluding carboxylic acids is 1. The van der Waals surface area contributed by atoms with Gasteiger partial charge in [-0.15, -0.1) is 0 Å². The summed E-state index contributed by atoms with van der Waals surface area (Å²) >= 11 is 0. The number of nitrogens with zero attached hydrogens (tertiary/aromatic N) is 1. The molecule has 0 atom stereocenters. The van der Waals surface area contributed by atoms with E-state index in [1.807, 2.05) is 0 Å². The number of nitro benzene ring substituents is 1. The van der Waals surface area contributed by atoms with Crippen LogP contribution in [0, 0.1) is 10.1 Å². The highest BCUT2D eigenvalue weighted by atomic mass is 16.6. The Labute approximate surface area is 137 Å². The third-order valence-electron chi connectivity index (χ3n) is 3.24. The van der Waals surface area contributed by atoms with Crippen LogP contribution < -0.4 is 19.5 Å². The highest BCUT2D eigenvalue weighted by molar-refractivity contribution is 5.92. The highest BCUT2D eigenvalue weighted by Gasteiger charge is 2.13. The van der Waals surface area contributed by atoms with Crippen molar-refractivity contribution in [2.24, 2.45) is 0 Å². The molecule has 24 heavy (non-hydrogen) atoms. The summed E-state index contributed by atoms with van der Waals surface area (Å²) in [5.41, 5.74) is 0.527. The van der Waals surface area contributed by atoms with Crippen molar-refractivity contribution in [3.8, 4) is 17.2 Å². The zero-order chi connectivity index (χ0) is 16.9. The van der Waals surface area contributed by atoms with Crippen molar-refractivity contribution in [3.05, 3.63) is 52.6 Å². The Morgan fingerprint density at radius 2 is 1.83 bits per heavy atom. The van der Waals surface area contributed by atoms with Gasteiger partial charge in [0.1, 0.15) is 19.0 Å². The second-order valence-electron chi connectivity index (χ2n) is 4.95. The Bertz CT molecular complexity index is 760. The lowest BCUT2D eigenvalue weighted by Gasteiger charge is -2.19. The maximum Gasteiger partial charge on any atom is 0.269 e. The van der Waals surface area contributed by atoms with Crippen LogP contribution in [-0.2, 0) is 4.79 Å². The van der Waals surface area contributed by atoms with Gasteiger partial charge in [0.05, 0.1) is 4.92 Å². The molecule has 2 aromatic rings. The summed E-state index contributed by atoms with van der Waals surface area (Å²) in [6.45, 7) is 0.752. The molecule has 0 aromatic heterocycles. The van der Waals surface area contributed by atoms with Crippen molar-refractivity contribution in [1.82, 2.24) is 0 Å². The van der Waals surface area contributed by atoms with Gasteiger partial charge >= 0.3 is 0 Å². The van der Waals surface area contributed by atoms with Crippen LogP contribution in [0.2, 0.25) is 0 Å². The number of ether oxygens (including phenoxy) is 3. The number of nitrogens with one attached hydrogen (secondary N) is 1. The molecule has 1 heterocycles. The van der Waals surface area contributed by atoms with Crippen LogP contribution in [0.4, 0.5) is 11.4 Å². The molecule has 0 radical (unpaired) electrons. The van der Waals surface area contributed by atoms with Gasteiger partial charge in [0.15, 0.2) is 18.1 Å². The van der Waals surface area contributed by atoms with Crippen LogP contribution in [0.3, 0.4) is 0 Å². The minimum atomic E-state index is -0.502. The fourth-order valence-electron chi connectivity index (χ4n) is 2.13. The van der Waals surface area contributed by atoms with E-state index in [1.54, 1.807) is 18.2 Å². The fraction of sp³-hybridized carbons (Fsp3) is 0.188. The highest BCUT2D eigenvalue weighted by Crippen LogP contribution is 2.32. The van der Waals surface area contributed by atoms with E-state index in [0.717, 1.165) is 0 Å². The molecule has 0 fully saturated rings. The predicted molar refractivity (Wildman–Crippen MR) is 84.7 cm³/mol. The molecule has 0 spiro atoms. The lowest BCUT2D eigenvalue weighted by atomic mass is 10.2. The first-order chi connectivity index (χ1) is 11.6. The SMILES string of the molecule is O=C(COc1ccc([N+](=O)[O-])cc1)Nc1ccc2c(c1)OCCO2. The van der Waals surface area contributed by atoms with Gasteiger partial charge in [-0.1, -0.05) is 0 Å². The summed E-state index contributed by atoms with van der Waals surface area (Å²) in [5.74, 6) is 1.24. The molecule has 1 amide bonds. The van der Waals surface area contributed by atoms with E-state index in [2.05, 4.69) is 5.32 Å². The minimum Gasteiger partial charge on any atom is -0.486 e. The number of rotatable bonds is 5. The van der Waals surface area contributed by atoms with Crippen molar-refractivity contribution in [1.29, 1.82) is 0 Å². The first kappa shape index (κ1) is 15.6. The second-order valence-corrected chi connectivity index (χ2v) is 4.95. The van der Waals surface area contributed by atoms with E-state index in [-0.39, 0.29) is 18.2 Å². The van der Waals surface area contributed by atoms with Crippen molar-refractivity contribution in [2.45, 2.75) is 0 Å². The summed E-state index contributed by atoms with van der Waals surface area (Å²) in [6.07, 6.45) is 0. The van der Waals surface area contributed by atoms with E-state index in [9.17, 15) is 14.9 Å². The van der Waals surface area contributed by atoms with E-state index < -0.39 is 4.92 Å². The molecule has 8 heteroatoms. The topological polar surface area (TPSA) is 99.9 Å². The maximum atomic E-state index is 11.9. The third kappa shape index (κ3) is 3.72. The van der Waals surface area contributed by atoms with Gasteiger partial charge in [0.25, 0.3) is 11.6 Å². The van der Waals surface area contributed by atoms with Gasteiger partial charge in [0, 0.05) is 23.9 Å². The smallest absolute Gasteiger partial charge is 0.269 e. The maximum absolute atomic E-state index is 11.9. The molecule has 3 rings (SSSR count). The summed E-state index contributed by atoms with van der Waals surface area (Å²) in [7, 11) is 0. The number of nitro groups is 1. The van der Waals surface area contributed by atoms with E-state index in [4.69, 9.17) is 14.2 Å². The number of carbonyl (C=O) groups is 1. The molecular weight excluding hydrogens is 316 g/mol. The summed E-state index contributed by atoms with van der Waals surface area (Å²) in [5, 5.41) is 13.2. The average Bonchev–Trinajstić information content (AvgIpc) is 2.60. The van der Waals surface area contributed by atoms with Gasteiger partial charge in [0.2, 0.25) is 0 Å². The van der Waals surface area contributed by atoms with Crippen molar-refractivity contribution in [3.63, 3.8) is 0 Å². The number of fused-ring (bicyclic) bond motifs is 1. The van der Waals surface area contributed by atoms with Crippen LogP contribution in [0.5, 0.6) is 17.2 Å². The molecule has 0 saturated heterocycles. The van der Waals surface area contributed by atoms with E-state index in [1.165, 1.54) is 24.3 Å². The number of anilines is 1. The molecule has 0 saturated carbocycles. The quantitative estimate of drug-likeness (QED) is 0.667. The number of benzene rings is 2. The van der Waals surface area contributed by atoms with Crippen molar-refractivity contribution in [2.75, 3.05) is 25.1 Å². The summed E-state index contributed by atoms with van der Waals surface area (Å²) in [4.78, 5) is 22.0. The molecule has 1 aliphatic rings. The van der Waals surface area contributed by atoms with Gasteiger partial charge in [-0.3, -0.25) is 14.9 Å². The van der Waals surface area contributed by atoms with Crippen LogP contribution in [0.1, 0.15) is 0 Å². The Morgan fingerprint density at radius 1 is 1.12 bits per heavy atom. The molecule has 1 aliphatic heterocycles. The molecule has 0 unspecified atom stereocenters. The van der Waals surface area contributed by atoms with E-state index >= 15 is 0 Å². The zero-order valence-corrected chi connectivity index (χ0v) is 12.6. The monoisotopic (exact) mass is 330 g/mol. The zero-order valence-electron chi connectivity index (χ0n) is 12.6. The average molecular weight is 330 g/mol. The van der Waals surface area contributed by atoms with Crippen LogP contribution in [0.25, 0.3) is 0 Å². The number of hydrogen-bond donors (Lipinski definition) is 1. The number of hydrogen-bond acceptors (Lipinski definition) is 6. The Kier molecular flexibility index (Phi) is 4.46. The molecule has 2 aromatic carbocycles. The third-order valence-corrected chi connectivity index (χ3v) is 3.24. The largest absolute Gasteiger partial charge is 0.486 e. The molecule has 0 aliphatic carbocycles. The Hall–Kier alpha value is -3.29. The van der Waals surface area contributed by atoms with Gasteiger partial charge in [-0.2, -0.15) is 0 Å². The molecule has 8 nitrogen and oxygen atoms in total. The first-order valence-electron chi connectivity index (χ1n) is 7.18. The molecule has 0 bridgehead atoms. The van der Waals surface area contributed by atoms with Gasteiger partial charge in [-0.05, 0) is 24.3 Å². The Balaban J connectivity index is 1.55. The van der Waals surface area contributed by atoms with Gasteiger partial charge in [-0.25, -0.2) is 0 Å². The summed E-state index contributed by atoms with van der Waals surface area (Å²) in [6, 6.07) is 10.6. The lowest BCUT2D eigenvalue weighted by Crippen LogP contribution is -2.20. The standard InChI is InChI=1S/C16H14N2O6/c19-16(10-24-13-4-2-12(3-5-13)18(20)21)17-11-1-6-14-15(9-11)23-8-7-22-14/h1-6,9H,7-8,10H2,(H,17,19). The molecular formula is C16H14N2O6. The van der Waals surface area contributed by atoms with Crippen molar-refractivity contribution < 1.29 is 23.9 Å². The lowest BCUT2D eigenvalue weighted by molar-refractivity contribution is -0.384. The van der Waals surface area contributed by atoms with Gasteiger partial charge < -0.3 is 19.5 Å². The van der Waals surface area contributed by atoms with Crippen LogP contribution in [-0.4, -0.2) is 30.7 Å².